The Balaban J connectivity index is 1.29. The van der Waals surface area contributed by atoms with Crippen molar-refractivity contribution < 1.29 is 4.79 Å². The number of hydrogen-bond donors (Lipinski definition) is 2. The first kappa shape index (κ1) is 22.7. The number of nitrogens with one attached hydrogen (secondary N) is 2. The van der Waals surface area contributed by atoms with E-state index in [0.29, 0.717) is 23.0 Å². The van der Waals surface area contributed by atoms with Crippen molar-refractivity contribution in [1.29, 1.82) is 0 Å². The van der Waals surface area contributed by atoms with Gasteiger partial charge in [0.1, 0.15) is 0 Å². The third-order valence-electron chi connectivity index (χ3n) is 5.85. The smallest absolute Gasteiger partial charge is 0.238 e. The minimum atomic E-state index is 0.0237. The monoisotopic (exact) mass is 470 g/mol. The van der Waals surface area contributed by atoms with Gasteiger partial charge in [0.05, 0.1) is 13.2 Å². The predicted octanol–water partition coefficient (Wildman–Crippen LogP) is 4.09. The number of aromatic amines is 1. The van der Waals surface area contributed by atoms with Crippen LogP contribution < -0.4 is 5.32 Å². The van der Waals surface area contributed by atoms with Crippen LogP contribution in [0.3, 0.4) is 0 Å². The van der Waals surface area contributed by atoms with Gasteiger partial charge in [-0.1, -0.05) is 23.7 Å². The van der Waals surface area contributed by atoms with Gasteiger partial charge in [0.25, 0.3) is 0 Å². The molecule has 7 nitrogen and oxygen atoms in total. The number of anilines is 1. The number of piperazine rings is 1. The van der Waals surface area contributed by atoms with Gasteiger partial charge in [-0.25, -0.2) is 4.68 Å². The van der Waals surface area contributed by atoms with E-state index >= 15 is 0 Å². The Morgan fingerprint density at radius 3 is 2.50 bits per heavy atom. The van der Waals surface area contributed by atoms with Crippen LogP contribution in [0.25, 0.3) is 11.4 Å². The predicted molar refractivity (Wildman–Crippen MR) is 130 cm³/mol. The molecule has 2 N–H and O–H groups in total. The summed E-state index contributed by atoms with van der Waals surface area (Å²) in [6.45, 7) is 8.48. The summed E-state index contributed by atoms with van der Waals surface area (Å²) in [7, 11) is 0. The number of benzene rings is 2. The molecule has 0 radical (unpaired) electrons. The zero-order valence-electron chi connectivity index (χ0n) is 18.3. The van der Waals surface area contributed by atoms with Gasteiger partial charge in [0.15, 0.2) is 5.82 Å². The van der Waals surface area contributed by atoms with Crippen LogP contribution >= 0.6 is 23.8 Å². The normalized spacial score (nSPS) is 15.1. The van der Waals surface area contributed by atoms with E-state index in [1.807, 2.05) is 48.0 Å². The van der Waals surface area contributed by atoms with Crippen LogP contribution in [0.15, 0.2) is 42.5 Å². The van der Waals surface area contributed by atoms with Gasteiger partial charge in [0.2, 0.25) is 10.7 Å². The molecule has 1 saturated heterocycles. The van der Waals surface area contributed by atoms with Gasteiger partial charge in [-0.2, -0.15) is 4.98 Å². The number of rotatable bonds is 6. The summed E-state index contributed by atoms with van der Waals surface area (Å²) in [5.41, 5.74) is 4.12. The minimum Gasteiger partial charge on any atom is -0.325 e. The fourth-order valence-electron chi connectivity index (χ4n) is 3.76. The number of halogens is 1. The first-order valence-electron chi connectivity index (χ1n) is 10.6. The summed E-state index contributed by atoms with van der Waals surface area (Å²) in [6, 6.07) is 13.5. The fourth-order valence-corrected chi connectivity index (χ4v) is 4.08. The third-order valence-corrected chi connectivity index (χ3v) is 6.41. The number of carbonyl (C=O) groups excluding carboxylic acids is 1. The Morgan fingerprint density at radius 1 is 1.09 bits per heavy atom. The summed E-state index contributed by atoms with van der Waals surface area (Å²) in [6.07, 6.45) is 0. The van der Waals surface area contributed by atoms with Crippen molar-refractivity contribution >= 4 is 35.4 Å². The van der Waals surface area contributed by atoms with Crippen molar-refractivity contribution in [2.45, 2.75) is 20.5 Å². The van der Waals surface area contributed by atoms with Gasteiger partial charge in [-0.05, 0) is 67.5 Å². The van der Waals surface area contributed by atoms with Crippen LogP contribution in [0.4, 0.5) is 5.69 Å². The highest BCUT2D eigenvalue weighted by atomic mass is 35.5. The highest BCUT2D eigenvalue weighted by Gasteiger charge is 2.20. The average molecular weight is 471 g/mol. The molecule has 4 rings (SSSR count). The van der Waals surface area contributed by atoms with E-state index < -0.39 is 0 Å². The Hall–Kier alpha value is -2.52. The maximum atomic E-state index is 12.5. The Labute approximate surface area is 198 Å². The van der Waals surface area contributed by atoms with E-state index in [-0.39, 0.29) is 5.91 Å². The van der Waals surface area contributed by atoms with Gasteiger partial charge in [-0.15, -0.1) is 0 Å². The van der Waals surface area contributed by atoms with Crippen LogP contribution in [0.1, 0.15) is 11.1 Å². The summed E-state index contributed by atoms with van der Waals surface area (Å²) in [5, 5.41) is 7.02. The van der Waals surface area contributed by atoms with Crippen molar-refractivity contribution in [3.63, 3.8) is 0 Å². The lowest BCUT2D eigenvalue weighted by molar-refractivity contribution is -0.117. The first-order valence-corrected chi connectivity index (χ1v) is 11.4. The SMILES string of the molecule is Cc1cccc(NC(=O)CN2CCN(Cn3[nH]c(-c4ccc(Cl)cc4)nc3=S)CC2)c1C. The average Bonchev–Trinajstić information content (AvgIpc) is 3.13. The van der Waals surface area contributed by atoms with Crippen LogP contribution in [-0.2, 0) is 11.5 Å². The molecule has 32 heavy (non-hydrogen) atoms. The molecular weight excluding hydrogens is 444 g/mol. The zero-order valence-corrected chi connectivity index (χ0v) is 19.8. The third kappa shape index (κ3) is 5.45. The lowest BCUT2D eigenvalue weighted by Gasteiger charge is -2.34. The molecule has 0 spiro atoms. The maximum absolute atomic E-state index is 12.5. The first-order chi connectivity index (χ1) is 15.4. The molecule has 2 heterocycles. The van der Waals surface area contributed by atoms with Crippen molar-refractivity contribution in [3.8, 4) is 11.4 Å². The van der Waals surface area contributed by atoms with E-state index in [9.17, 15) is 4.79 Å². The molecule has 9 heteroatoms. The molecule has 168 valence electrons. The quantitative estimate of drug-likeness (QED) is 0.531. The number of aromatic nitrogens is 3. The lowest BCUT2D eigenvalue weighted by Crippen LogP contribution is -2.49. The van der Waals surface area contributed by atoms with Crippen LogP contribution in [0, 0.1) is 18.6 Å². The molecule has 1 aliphatic heterocycles. The molecule has 0 unspecified atom stereocenters. The minimum absolute atomic E-state index is 0.0237. The number of H-pyrrole nitrogens is 1. The second-order valence-corrected chi connectivity index (χ2v) is 8.92. The second-order valence-electron chi connectivity index (χ2n) is 8.12. The molecule has 0 aliphatic carbocycles. The number of hydrogen-bond acceptors (Lipinski definition) is 5. The molecule has 3 aromatic rings. The molecule has 0 atom stereocenters. The van der Waals surface area contributed by atoms with Gasteiger partial charge in [-0.3, -0.25) is 19.7 Å². The van der Waals surface area contributed by atoms with Gasteiger partial charge >= 0.3 is 0 Å². The Morgan fingerprint density at radius 2 is 1.78 bits per heavy atom. The molecule has 1 aliphatic rings. The number of carbonyl (C=O) groups is 1. The van der Waals surface area contributed by atoms with Crippen molar-refractivity contribution in [2.75, 3.05) is 38.0 Å². The summed E-state index contributed by atoms with van der Waals surface area (Å²) >= 11 is 11.4. The number of nitrogens with zero attached hydrogens (tertiary/aromatic N) is 4. The van der Waals surface area contributed by atoms with Gasteiger partial charge < -0.3 is 5.32 Å². The highest BCUT2D eigenvalue weighted by Crippen LogP contribution is 2.19. The van der Waals surface area contributed by atoms with E-state index in [4.69, 9.17) is 23.8 Å². The van der Waals surface area contributed by atoms with E-state index in [2.05, 4.69) is 38.2 Å². The Bertz CT molecular complexity index is 1150. The topological polar surface area (TPSA) is 69.2 Å². The van der Waals surface area contributed by atoms with Gasteiger partial charge in [0, 0.05) is 42.5 Å². The molecule has 1 aromatic heterocycles. The summed E-state index contributed by atoms with van der Waals surface area (Å²) in [4.78, 5) is 21.5. The fraction of sp³-hybridized carbons (Fsp3) is 0.348. The van der Waals surface area contributed by atoms with Crippen LogP contribution in [0.2, 0.25) is 5.02 Å². The molecule has 1 amide bonds. The molecule has 0 saturated carbocycles. The Kier molecular flexibility index (Phi) is 7.05. The molecular formula is C23H27ClN6OS. The zero-order chi connectivity index (χ0) is 22.7. The standard InChI is InChI=1S/C23H27ClN6OS/c1-16-4-3-5-20(17(16)2)25-21(31)14-28-10-12-29(13-11-28)15-30-23(32)26-22(27-30)18-6-8-19(24)9-7-18/h3-9H,10-15H2,1-2H3,(H,25,31)(H,26,27,32). The van der Waals surface area contributed by atoms with E-state index in [1.165, 1.54) is 5.56 Å². The molecule has 2 aromatic carbocycles. The largest absolute Gasteiger partial charge is 0.325 e. The maximum Gasteiger partial charge on any atom is 0.238 e. The van der Waals surface area contributed by atoms with Crippen molar-refractivity contribution in [1.82, 2.24) is 24.6 Å². The van der Waals surface area contributed by atoms with E-state index in [0.717, 1.165) is 48.8 Å². The van der Waals surface area contributed by atoms with Crippen LogP contribution in [0.5, 0.6) is 0 Å². The molecule has 1 fully saturated rings. The summed E-state index contributed by atoms with van der Waals surface area (Å²) in [5.74, 6) is 0.754. The summed E-state index contributed by atoms with van der Waals surface area (Å²) < 4.78 is 2.40. The van der Waals surface area contributed by atoms with E-state index in [1.54, 1.807) is 0 Å². The number of amides is 1. The van der Waals surface area contributed by atoms with Crippen molar-refractivity contribution in [3.05, 3.63) is 63.4 Å². The van der Waals surface area contributed by atoms with Crippen LogP contribution in [-0.4, -0.2) is 63.2 Å². The number of aryl methyl sites for hydroxylation is 1. The highest BCUT2D eigenvalue weighted by molar-refractivity contribution is 7.71. The second kappa shape index (κ2) is 9.95. The molecule has 0 bridgehead atoms. The lowest BCUT2D eigenvalue weighted by atomic mass is 10.1. The van der Waals surface area contributed by atoms with Crippen molar-refractivity contribution in [2.24, 2.45) is 0 Å².